The molecular weight excluding hydrogens is 380 g/mol. The maximum atomic E-state index is 14.8. The molecule has 1 nitrogen and oxygen atoms in total. The minimum atomic E-state index is -1.24. The molecular formula is C24H26F4O. The Labute approximate surface area is 169 Å². The highest BCUT2D eigenvalue weighted by Gasteiger charge is 2.27. The summed E-state index contributed by atoms with van der Waals surface area (Å²) < 4.78 is 63.5. The molecule has 0 N–H and O–H groups in total. The Morgan fingerprint density at radius 1 is 0.862 bits per heavy atom. The molecule has 1 aliphatic rings. The summed E-state index contributed by atoms with van der Waals surface area (Å²) in [6, 6.07) is 5.32. The second kappa shape index (κ2) is 9.47. The number of hydrogen-bond donors (Lipinski definition) is 0. The van der Waals surface area contributed by atoms with E-state index in [1.165, 1.54) is 24.3 Å². The van der Waals surface area contributed by atoms with Crippen molar-refractivity contribution in [1.29, 1.82) is 0 Å². The van der Waals surface area contributed by atoms with Crippen LogP contribution in [-0.2, 0) is 0 Å². The SMILES string of the molecule is CC=CC1CCC(c2ccc(-c3ccc(OCCC)c(F)c3F)c(F)c2F)CC1. The van der Waals surface area contributed by atoms with E-state index in [0.717, 1.165) is 25.7 Å². The maximum absolute atomic E-state index is 14.8. The molecule has 0 spiro atoms. The predicted octanol–water partition coefficient (Wildman–Crippen LogP) is 7.55. The highest BCUT2D eigenvalue weighted by molar-refractivity contribution is 5.66. The lowest BCUT2D eigenvalue weighted by Crippen LogP contribution is -2.13. The van der Waals surface area contributed by atoms with Crippen molar-refractivity contribution in [2.24, 2.45) is 5.92 Å². The molecule has 0 saturated heterocycles. The van der Waals surface area contributed by atoms with Gasteiger partial charge in [-0.2, -0.15) is 4.39 Å². The molecule has 0 atom stereocenters. The Morgan fingerprint density at radius 3 is 2.10 bits per heavy atom. The first-order valence-corrected chi connectivity index (χ1v) is 10.2. The molecule has 1 aliphatic carbocycles. The van der Waals surface area contributed by atoms with Crippen LogP contribution in [0.5, 0.6) is 5.75 Å². The number of allylic oxidation sites excluding steroid dienone is 2. The normalized spacial score (nSPS) is 19.7. The van der Waals surface area contributed by atoms with Crippen LogP contribution in [0.1, 0.15) is 57.4 Å². The second-order valence-electron chi connectivity index (χ2n) is 7.56. The molecule has 29 heavy (non-hydrogen) atoms. The Morgan fingerprint density at radius 2 is 1.48 bits per heavy atom. The summed E-state index contributed by atoms with van der Waals surface area (Å²) in [6.07, 6.45) is 8.22. The first-order valence-electron chi connectivity index (χ1n) is 10.2. The van der Waals surface area contributed by atoms with Crippen molar-refractivity contribution in [2.45, 2.75) is 51.9 Å². The summed E-state index contributed by atoms with van der Waals surface area (Å²) in [5, 5.41) is 0. The van der Waals surface area contributed by atoms with Gasteiger partial charge in [0.1, 0.15) is 0 Å². The number of hydrogen-bond acceptors (Lipinski definition) is 1. The Balaban J connectivity index is 1.88. The number of halogens is 4. The van der Waals surface area contributed by atoms with Gasteiger partial charge in [-0.3, -0.25) is 0 Å². The van der Waals surface area contributed by atoms with Gasteiger partial charge in [-0.1, -0.05) is 31.2 Å². The van der Waals surface area contributed by atoms with Crippen LogP contribution in [0.4, 0.5) is 17.6 Å². The average molecular weight is 406 g/mol. The van der Waals surface area contributed by atoms with Gasteiger partial charge >= 0.3 is 0 Å². The average Bonchev–Trinajstić information content (AvgIpc) is 2.73. The van der Waals surface area contributed by atoms with Gasteiger partial charge < -0.3 is 4.74 Å². The fourth-order valence-electron chi connectivity index (χ4n) is 4.05. The summed E-state index contributed by atoms with van der Waals surface area (Å²) in [7, 11) is 0. The minimum absolute atomic E-state index is 0.0635. The summed E-state index contributed by atoms with van der Waals surface area (Å²) in [4.78, 5) is 0. The molecule has 0 bridgehead atoms. The zero-order valence-electron chi connectivity index (χ0n) is 16.8. The number of ether oxygens (including phenoxy) is 1. The van der Waals surface area contributed by atoms with Crippen molar-refractivity contribution in [3.8, 4) is 16.9 Å². The highest BCUT2D eigenvalue weighted by atomic mass is 19.2. The van der Waals surface area contributed by atoms with E-state index in [1.807, 2.05) is 19.9 Å². The molecule has 0 aromatic heterocycles. The summed E-state index contributed by atoms with van der Waals surface area (Å²) in [5.74, 6) is -4.36. The summed E-state index contributed by atoms with van der Waals surface area (Å²) >= 11 is 0. The van der Waals surface area contributed by atoms with E-state index < -0.39 is 23.3 Å². The molecule has 0 heterocycles. The molecule has 1 fully saturated rings. The van der Waals surface area contributed by atoms with E-state index in [0.29, 0.717) is 17.9 Å². The Bertz CT molecular complexity index is 883. The molecule has 3 rings (SSSR count). The molecule has 0 amide bonds. The largest absolute Gasteiger partial charge is 0.490 e. The molecule has 5 heteroatoms. The topological polar surface area (TPSA) is 9.23 Å². The molecule has 156 valence electrons. The molecule has 0 radical (unpaired) electrons. The van der Waals surface area contributed by atoms with Crippen LogP contribution in [-0.4, -0.2) is 6.61 Å². The smallest absolute Gasteiger partial charge is 0.201 e. The lowest BCUT2D eigenvalue weighted by atomic mass is 9.78. The number of benzene rings is 2. The maximum Gasteiger partial charge on any atom is 0.201 e. The Kier molecular flexibility index (Phi) is 6.99. The van der Waals surface area contributed by atoms with E-state index in [-0.39, 0.29) is 29.4 Å². The Hall–Kier alpha value is -2.30. The van der Waals surface area contributed by atoms with Gasteiger partial charge in [0.25, 0.3) is 0 Å². The van der Waals surface area contributed by atoms with Gasteiger partial charge in [-0.15, -0.1) is 0 Å². The lowest BCUT2D eigenvalue weighted by molar-refractivity contribution is 0.295. The van der Waals surface area contributed by atoms with Crippen LogP contribution < -0.4 is 4.74 Å². The monoisotopic (exact) mass is 406 g/mol. The third kappa shape index (κ3) is 4.49. The van der Waals surface area contributed by atoms with Crippen LogP contribution >= 0.6 is 0 Å². The molecule has 0 aliphatic heterocycles. The van der Waals surface area contributed by atoms with Crippen molar-refractivity contribution in [2.75, 3.05) is 6.61 Å². The minimum Gasteiger partial charge on any atom is -0.490 e. The number of rotatable bonds is 6. The third-order valence-corrected chi connectivity index (χ3v) is 5.59. The zero-order valence-corrected chi connectivity index (χ0v) is 16.8. The van der Waals surface area contributed by atoms with Crippen LogP contribution in [0.2, 0.25) is 0 Å². The van der Waals surface area contributed by atoms with E-state index >= 15 is 0 Å². The lowest BCUT2D eigenvalue weighted by Gasteiger charge is -2.27. The van der Waals surface area contributed by atoms with Gasteiger partial charge in [0.05, 0.1) is 6.61 Å². The van der Waals surface area contributed by atoms with Crippen molar-refractivity contribution in [3.63, 3.8) is 0 Å². The van der Waals surface area contributed by atoms with Crippen LogP contribution in [0, 0.1) is 29.2 Å². The molecule has 1 saturated carbocycles. The van der Waals surface area contributed by atoms with Crippen molar-refractivity contribution in [1.82, 2.24) is 0 Å². The van der Waals surface area contributed by atoms with Crippen LogP contribution in [0.3, 0.4) is 0 Å². The van der Waals surface area contributed by atoms with E-state index in [9.17, 15) is 17.6 Å². The molecule has 0 unspecified atom stereocenters. The zero-order chi connectivity index (χ0) is 21.0. The summed E-state index contributed by atoms with van der Waals surface area (Å²) in [5.41, 5.74) is -0.285. The highest BCUT2D eigenvalue weighted by Crippen LogP contribution is 2.40. The third-order valence-electron chi connectivity index (χ3n) is 5.59. The van der Waals surface area contributed by atoms with Crippen LogP contribution in [0.15, 0.2) is 36.4 Å². The molecule has 2 aromatic rings. The van der Waals surface area contributed by atoms with E-state index in [2.05, 4.69) is 6.08 Å². The fraction of sp³-hybridized carbons (Fsp3) is 0.417. The first kappa shape index (κ1) is 21.4. The van der Waals surface area contributed by atoms with Crippen LogP contribution in [0.25, 0.3) is 11.1 Å². The van der Waals surface area contributed by atoms with Gasteiger partial charge in [-0.25, -0.2) is 13.2 Å². The predicted molar refractivity (Wildman–Crippen MR) is 107 cm³/mol. The standard InChI is InChI=1S/C24H26F4O/c1-3-5-15-6-8-16(9-7-15)17-10-11-18(22(26)21(17)25)19-12-13-20(29-14-4-2)24(28)23(19)27/h3,5,10-13,15-16H,4,6-9,14H2,1-2H3. The fourth-order valence-corrected chi connectivity index (χ4v) is 4.05. The molecule has 2 aromatic carbocycles. The summed E-state index contributed by atoms with van der Waals surface area (Å²) in [6.45, 7) is 4.06. The van der Waals surface area contributed by atoms with E-state index in [4.69, 9.17) is 4.74 Å². The van der Waals surface area contributed by atoms with Crippen molar-refractivity contribution >= 4 is 0 Å². The van der Waals surface area contributed by atoms with Gasteiger partial charge in [0, 0.05) is 11.1 Å². The van der Waals surface area contributed by atoms with E-state index in [1.54, 1.807) is 0 Å². The van der Waals surface area contributed by atoms with Crippen molar-refractivity contribution in [3.05, 3.63) is 65.2 Å². The van der Waals surface area contributed by atoms with Gasteiger partial charge in [0.2, 0.25) is 5.82 Å². The van der Waals surface area contributed by atoms with Gasteiger partial charge in [-0.05, 0) is 68.6 Å². The quantitative estimate of drug-likeness (QED) is 0.355. The van der Waals surface area contributed by atoms with Crippen molar-refractivity contribution < 1.29 is 22.3 Å². The second-order valence-corrected chi connectivity index (χ2v) is 7.56. The van der Waals surface area contributed by atoms with Gasteiger partial charge in [0.15, 0.2) is 23.2 Å². The first-order chi connectivity index (χ1) is 14.0.